The summed E-state index contributed by atoms with van der Waals surface area (Å²) in [4.78, 5) is 2.36. The van der Waals surface area contributed by atoms with E-state index in [0.717, 1.165) is 19.5 Å². The summed E-state index contributed by atoms with van der Waals surface area (Å²) in [6.07, 6.45) is 4.84. The van der Waals surface area contributed by atoms with Crippen molar-refractivity contribution in [1.29, 1.82) is 0 Å². The van der Waals surface area contributed by atoms with Gasteiger partial charge in [0.05, 0.1) is 6.10 Å². The molecule has 11 heavy (non-hydrogen) atoms. The van der Waals surface area contributed by atoms with Crippen LogP contribution in [0.1, 0.15) is 32.6 Å². The number of rotatable bonds is 4. The zero-order chi connectivity index (χ0) is 8.10. The molecule has 0 aromatic heterocycles. The highest BCUT2D eigenvalue weighted by atomic mass is 16.3. The summed E-state index contributed by atoms with van der Waals surface area (Å²) < 4.78 is 0. The molecule has 1 heterocycles. The Morgan fingerprint density at radius 2 is 2.27 bits per heavy atom. The van der Waals surface area contributed by atoms with Crippen molar-refractivity contribution in [2.75, 3.05) is 19.6 Å². The summed E-state index contributed by atoms with van der Waals surface area (Å²) in [6.45, 7) is 5.42. The summed E-state index contributed by atoms with van der Waals surface area (Å²) in [5, 5.41) is 9.21. The highest BCUT2D eigenvalue weighted by molar-refractivity contribution is 4.73. The van der Waals surface area contributed by atoms with Crippen LogP contribution in [0.5, 0.6) is 0 Å². The topological polar surface area (TPSA) is 23.5 Å². The van der Waals surface area contributed by atoms with E-state index in [-0.39, 0.29) is 6.10 Å². The Kier molecular flexibility index (Phi) is 3.87. The van der Waals surface area contributed by atoms with Crippen LogP contribution >= 0.6 is 0 Å². The molecule has 1 atom stereocenters. The van der Waals surface area contributed by atoms with Gasteiger partial charge in [0, 0.05) is 13.1 Å². The van der Waals surface area contributed by atoms with Crippen LogP contribution in [0, 0.1) is 0 Å². The maximum Gasteiger partial charge on any atom is 0.0679 e. The number of hydrogen-bond donors (Lipinski definition) is 1. The van der Waals surface area contributed by atoms with Crippen molar-refractivity contribution in [3.63, 3.8) is 0 Å². The highest BCUT2D eigenvalue weighted by Crippen LogP contribution is 2.09. The van der Waals surface area contributed by atoms with Gasteiger partial charge in [-0.05, 0) is 19.4 Å². The average molecular weight is 157 g/mol. The molecule has 0 aliphatic carbocycles. The molecular formula is C9H19NO. The van der Waals surface area contributed by atoms with E-state index in [2.05, 4.69) is 11.8 Å². The lowest BCUT2D eigenvalue weighted by Crippen LogP contribution is -2.23. The number of hydrogen-bond acceptors (Lipinski definition) is 2. The van der Waals surface area contributed by atoms with Gasteiger partial charge in [0.15, 0.2) is 0 Å². The number of nitrogens with zero attached hydrogens (tertiary/aromatic N) is 1. The summed E-state index contributed by atoms with van der Waals surface area (Å²) in [7, 11) is 0. The Morgan fingerprint density at radius 1 is 1.45 bits per heavy atom. The standard InChI is InChI=1S/C9H19NO/c1-2-3-4-6-10-7-5-9(11)8-10/h9,11H,2-8H2,1H3/t9-/m1/s1. The third-order valence-electron chi connectivity index (χ3n) is 2.33. The second-order valence-electron chi connectivity index (χ2n) is 3.45. The summed E-state index contributed by atoms with van der Waals surface area (Å²) in [5.74, 6) is 0. The van der Waals surface area contributed by atoms with Crippen molar-refractivity contribution in [3.05, 3.63) is 0 Å². The second kappa shape index (κ2) is 4.73. The Hall–Kier alpha value is -0.0800. The van der Waals surface area contributed by atoms with E-state index < -0.39 is 0 Å². The fourth-order valence-corrected chi connectivity index (χ4v) is 1.60. The van der Waals surface area contributed by atoms with Crippen LogP contribution < -0.4 is 0 Å². The Bertz CT molecular complexity index is 106. The molecular weight excluding hydrogens is 138 g/mol. The van der Waals surface area contributed by atoms with Gasteiger partial charge in [-0.3, -0.25) is 0 Å². The smallest absolute Gasteiger partial charge is 0.0679 e. The maximum atomic E-state index is 9.21. The van der Waals surface area contributed by atoms with Crippen molar-refractivity contribution in [2.45, 2.75) is 38.7 Å². The normalized spacial score (nSPS) is 26.2. The van der Waals surface area contributed by atoms with E-state index in [0.29, 0.717) is 0 Å². The van der Waals surface area contributed by atoms with Gasteiger partial charge in [-0.15, -0.1) is 0 Å². The molecule has 0 unspecified atom stereocenters. The molecule has 0 radical (unpaired) electrons. The summed E-state index contributed by atoms with van der Waals surface area (Å²) in [6, 6.07) is 0. The van der Waals surface area contributed by atoms with Crippen LogP contribution in [0.15, 0.2) is 0 Å². The molecule has 1 N–H and O–H groups in total. The van der Waals surface area contributed by atoms with Crippen LogP contribution in [-0.4, -0.2) is 35.7 Å². The van der Waals surface area contributed by atoms with E-state index in [1.807, 2.05) is 0 Å². The molecule has 0 saturated carbocycles. The van der Waals surface area contributed by atoms with Gasteiger partial charge in [0.1, 0.15) is 0 Å². The third-order valence-corrected chi connectivity index (χ3v) is 2.33. The molecule has 0 aromatic carbocycles. The van der Waals surface area contributed by atoms with Crippen LogP contribution in [0.25, 0.3) is 0 Å². The van der Waals surface area contributed by atoms with Gasteiger partial charge in [0.25, 0.3) is 0 Å². The molecule has 1 aliphatic rings. The van der Waals surface area contributed by atoms with Crippen molar-refractivity contribution < 1.29 is 5.11 Å². The minimum absolute atomic E-state index is 0.0448. The van der Waals surface area contributed by atoms with Crippen LogP contribution in [-0.2, 0) is 0 Å². The fourth-order valence-electron chi connectivity index (χ4n) is 1.60. The number of likely N-dealkylation sites (tertiary alicyclic amines) is 1. The molecule has 1 rings (SSSR count). The van der Waals surface area contributed by atoms with E-state index in [4.69, 9.17) is 0 Å². The summed E-state index contributed by atoms with van der Waals surface area (Å²) in [5.41, 5.74) is 0. The first kappa shape index (κ1) is 9.01. The number of aliphatic hydroxyl groups excluding tert-OH is 1. The Labute approximate surface area is 69.2 Å². The van der Waals surface area contributed by atoms with Crippen molar-refractivity contribution >= 4 is 0 Å². The van der Waals surface area contributed by atoms with Crippen molar-refractivity contribution in [2.24, 2.45) is 0 Å². The molecule has 66 valence electrons. The lowest BCUT2D eigenvalue weighted by atomic mass is 10.2. The van der Waals surface area contributed by atoms with E-state index >= 15 is 0 Å². The molecule has 1 aliphatic heterocycles. The average Bonchev–Trinajstić information content (AvgIpc) is 2.37. The minimum atomic E-state index is -0.0448. The predicted molar refractivity (Wildman–Crippen MR) is 46.6 cm³/mol. The quantitative estimate of drug-likeness (QED) is 0.621. The summed E-state index contributed by atoms with van der Waals surface area (Å²) >= 11 is 0. The van der Waals surface area contributed by atoms with Gasteiger partial charge in [-0.2, -0.15) is 0 Å². The Morgan fingerprint density at radius 3 is 2.82 bits per heavy atom. The molecule has 2 heteroatoms. The first-order valence-corrected chi connectivity index (χ1v) is 4.73. The zero-order valence-electron chi connectivity index (χ0n) is 7.42. The molecule has 2 nitrogen and oxygen atoms in total. The predicted octanol–water partition coefficient (Wildman–Crippen LogP) is 1.24. The van der Waals surface area contributed by atoms with Crippen LogP contribution in [0.2, 0.25) is 0 Å². The van der Waals surface area contributed by atoms with Crippen molar-refractivity contribution in [3.8, 4) is 0 Å². The molecule has 1 saturated heterocycles. The Balaban J connectivity index is 1.99. The monoisotopic (exact) mass is 157 g/mol. The van der Waals surface area contributed by atoms with Gasteiger partial charge in [-0.1, -0.05) is 19.8 Å². The van der Waals surface area contributed by atoms with Gasteiger partial charge >= 0.3 is 0 Å². The highest BCUT2D eigenvalue weighted by Gasteiger charge is 2.18. The second-order valence-corrected chi connectivity index (χ2v) is 3.45. The van der Waals surface area contributed by atoms with Crippen LogP contribution in [0.3, 0.4) is 0 Å². The third kappa shape index (κ3) is 3.21. The van der Waals surface area contributed by atoms with E-state index in [9.17, 15) is 5.11 Å². The maximum absolute atomic E-state index is 9.21. The van der Waals surface area contributed by atoms with Gasteiger partial charge in [0.2, 0.25) is 0 Å². The lowest BCUT2D eigenvalue weighted by molar-refractivity contribution is 0.176. The van der Waals surface area contributed by atoms with Gasteiger partial charge in [-0.25, -0.2) is 0 Å². The number of β-amino-alcohol motifs (C(OH)–C–C–N with tert-alkyl or cyclic N) is 1. The first-order valence-electron chi connectivity index (χ1n) is 4.73. The van der Waals surface area contributed by atoms with Crippen LogP contribution in [0.4, 0.5) is 0 Å². The molecule has 0 aromatic rings. The molecule has 1 fully saturated rings. The molecule has 0 spiro atoms. The molecule has 0 bridgehead atoms. The minimum Gasteiger partial charge on any atom is -0.392 e. The SMILES string of the molecule is CCCCCN1CC[C@@H](O)C1. The van der Waals surface area contributed by atoms with Gasteiger partial charge < -0.3 is 10.0 Å². The molecule has 0 amide bonds. The fraction of sp³-hybridized carbons (Fsp3) is 1.00. The first-order chi connectivity index (χ1) is 5.33. The zero-order valence-corrected chi connectivity index (χ0v) is 7.42. The lowest BCUT2D eigenvalue weighted by Gasteiger charge is -2.13. The number of aliphatic hydroxyl groups is 1. The van der Waals surface area contributed by atoms with E-state index in [1.165, 1.54) is 25.8 Å². The van der Waals surface area contributed by atoms with E-state index in [1.54, 1.807) is 0 Å². The largest absolute Gasteiger partial charge is 0.392 e. The van der Waals surface area contributed by atoms with Crippen molar-refractivity contribution in [1.82, 2.24) is 4.90 Å². The number of unbranched alkanes of at least 4 members (excludes halogenated alkanes) is 2.